The number of carbonyl (C=O) groups excluding carboxylic acids is 1. The van der Waals surface area contributed by atoms with Crippen LogP contribution in [-0.2, 0) is 9.59 Å². The molecule has 5 heteroatoms. The zero-order valence-electron chi connectivity index (χ0n) is 11.7. The molecule has 0 spiro atoms. The van der Waals surface area contributed by atoms with Crippen LogP contribution in [0.2, 0.25) is 0 Å². The van der Waals surface area contributed by atoms with Crippen molar-refractivity contribution in [2.24, 2.45) is 0 Å². The molecule has 0 fully saturated rings. The summed E-state index contributed by atoms with van der Waals surface area (Å²) in [6, 6.07) is 0. The van der Waals surface area contributed by atoms with Crippen molar-refractivity contribution in [2.45, 2.75) is 53.9 Å². The quantitative estimate of drug-likeness (QED) is 0.712. The van der Waals surface area contributed by atoms with Crippen molar-refractivity contribution in [3.8, 4) is 0 Å². The van der Waals surface area contributed by atoms with Crippen LogP contribution in [0.15, 0.2) is 0 Å². The van der Waals surface area contributed by atoms with Gasteiger partial charge >= 0.3 is 5.97 Å². The van der Waals surface area contributed by atoms with Gasteiger partial charge in [0.05, 0.1) is 0 Å². The Morgan fingerprint density at radius 3 is 1.24 bits per heavy atom. The molecule has 0 radical (unpaired) electrons. The summed E-state index contributed by atoms with van der Waals surface area (Å²) < 4.78 is 0. The van der Waals surface area contributed by atoms with Crippen molar-refractivity contribution >= 4 is 11.8 Å². The molecule has 0 saturated heterocycles. The first-order chi connectivity index (χ1) is 7.83. The molecule has 0 aliphatic heterocycles. The van der Waals surface area contributed by atoms with Gasteiger partial charge in [0.1, 0.15) is 5.78 Å². The molecule has 0 aliphatic carbocycles. The van der Waals surface area contributed by atoms with E-state index >= 15 is 0 Å². The number of carbonyl (C=O) groups is 2. The van der Waals surface area contributed by atoms with Crippen molar-refractivity contribution in [3.63, 3.8) is 0 Å². The minimum absolute atomic E-state index is 0.167. The van der Waals surface area contributed by atoms with Gasteiger partial charge in [-0.25, -0.2) is 0 Å². The molecule has 0 saturated carbocycles. The van der Waals surface area contributed by atoms with Crippen molar-refractivity contribution in [1.29, 1.82) is 0 Å². The predicted octanol–water partition coefficient (Wildman–Crippen LogP) is 1.85. The monoisotopic (exact) mass is 252 g/mol. The number of unbranched alkanes of at least 4 members (excludes halogenated alkanes) is 1. The maximum absolute atomic E-state index is 9.44. The van der Waals surface area contributed by atoms with E-state index in [1.807, 2.05) is 0 Å². The van der Waals surface area contributed by atoms with Crippen molar-refractivity contribution < 1.29 is 24.9 Å². The fraction of sp³-hybridized carbons (Fsp3) is 0.833. The maximum Gasteiger partial charge on any atom is 0.303 e. The highest BCUT2D eigenvalue weighted by atomic mass is 16.4. The van der Waals surface area contributed by atoms with E-state index in [1.54, 1.807) is 13.8 Å². The van der Waals surface area contributed by atoms with Crippen molar-refractivity contribution in [1.82, 2.24) is 0 Å². The van der Waals surface area contributed by atoms with E-state index in [2.05, 4.69) is 6.92 Å². The van der Waals surface area contributed by atoms with Gasteiger partial charge in [0.25, 0.3) is 0 Å². The number of ketones is 1. The van der Waals surface area contributed by atoms with Gasteiger partial charge in [0.15, 0.2) is 0 Å². The molecule has 0 unspecified atom stereocenters. The SMILES string of the molecule is CC(C)=O.CCC(=O)O.CCCCO.CCO. The standard InChI is InChI=1S/C4H10O.C3H6O2.C3H6O.C2H6O/c1-2-3-4-5;1-2-3(4)5;1-3(2)4;1-2-3/h5H,2-4H2,1H3;2H2,1H3,(H,4,5);1-2H3;3H,2H2,1H3. The molecule has 0 aromatic rings. The number of aliphatic hydroxyl groups is 2. The highest BCUT2D eigenvalue weighted by Gasteiger charge is 1.80. The third-order valence-electron chi connectivity index (χ3n) is 0.814. The Balaban J connectivity index is -0.0000000676. The van der Waals surface area contributed by atoms with E-state index in [-0.39, 0.29) is 18.8 Å². The van der Waals surface area contributed by atoms with E-state index in [1.165, 1.54) is 13.8 Å². The number of carboxylic acid groups (broad SMARTS) is 1. The van der Waals surface area contributed by atoms with Crippen LogP contribution in [0, 0.1) is 0 Å². The number of hydrogen-bond donors (Lipinski definition) is 3. The number of aliphatic carboxylic acids is 1. The number of hydrogen-bond acceptors (Lipinski definition) is 4. The minimum Gasteiger partial charge on any atom is -0.481 e. The second-order valence-corrected chi connectivity index (χ2v) is 3.05. The summed E-state index contributed by atoms with van der Waals surface area (Å²) in [7, 11) is 0. The van der Waals surface area contributed by atoms with Gasteiger partial charge in [-0.2, -0.15) is 0 Å². The van der Waals surface area contributed by atoms with Crippen LogP contribution in [0.5, 0.6) is 0 Å². The predicted molar refractivity (Wildman–Crippen MR) is 69.0 cm³/mol. The van der Waals surface area contributed by atoms with E-state index in [0.29, 0.717) is 6.61 Å². The molecule has 5 nitrogen and oxygen atoms in total. The molecule has 106 valence electrons. The molecule has 3 N–H and O–H groups in total. The Hall–Kier alpha value is -0.940. The summed E-state index contributed by atoms with van der Waals surface area (Å²) in [5, 5.41) is 23.4. The van der Waals surface area contributed by atoms with E-state index in [4.69, 9.17) is 15.3 Å². The lowest BCUT2D eigenvalue weighted by atomic mass is 10.4. The number of rotatable bonds is 3. The summed E-state index contributed by atoms with van der Waals surface area (Å²) in [4.78, 5) is 18.8. The first-order valence-corrected chi connectivity index (χ1v) is 5.74. The van der Waals surface area contributed by atoms with Crippen molar-refractivity contribution in [3.05, 3.63) is 0 Å². The minimum atomic E-state index is -0.745. The highest BCUT2D eigenvalue weighted by molar-refractivity contribution is 5.72. The van der Waals surface area contributed by atoms with Crippen LogP contribution in [0.1, 0.15) is 53.9 Å². The number of carboxylic acids is 1. The Morgan fingerprint density at radius 1 is 1.00 bits per heavy atom. The molecule has 17 heavy (non-hydrogen) atoms. The van der Waals surface area contributed by atoms with Crippen LogP contribution in [0.4, 0.5) is 0 Å². The molecular formula is C12H28O5. The van der Waals surface area contributed by atoms with Crippen LogP contribution in [0.3, 0.4) is 0 Å². The van der Waals surface area contributed by atoms with Gasteiger partial charge < -0.3 is 20.1 Å². The fourth-order valence-corrected chi connectivity index (χ4v) is 0.158. The average Bonchev–Trinajstić information content (AvgIpc) is 2.20. The molecule has 0 rings (SSSR count). The maximum atomic E-state index is 9.44. The third kappa shape index (κ3) is 274. The Kier molecular flexibility index (Phi) is 43.3. The summed E-state index contributed by atoms with van der Waals surface area (Å²) in [6.45, 7) is 8.98. The van der Waals surface area contributed by atoms with Crippen LogP contribution in [0.25, 0.3) is 0 Å². The first-order valence-electron chi connectivity index (χ1n) is 5.74. The Bertz CT molecular complexity index is 140. The zero-order valence-corrected chi connectivity index (χ0v) is 11.7. The molecule has 0 aromatic carbocycles. The number of aliphatic hydroxyl groups excluding tert-OH is 2. The first kappa shape index (κ1) is 25.0. The second kappa shape index (κ2) is 29.4. The lowest BCUT2D eigenvalue weighted by Crippen LogP contribution is -1.86. The largest absolute Gasteiger partial charge is 0.481 e. The molecule has 0 aliphatic rings. The molecule has 0 heterocycles. The van der Waals surface area contributed by atoms with Crippen molar-refractivity contribution in [2.75, 3.05) is 13.2 Å². The summed E-state index contributed by atoms with van der Waals surface area (Å²) in [6.07, 6.45) is 2.26. The molecule has 0 amide bonds. The summed E-state index contributed by atoms with van der Waals surface area (Å²) in [5.41, 5.74) is 0. The van der Waals surface area contributed by atoms with Gasteiger partial charge in [-0.15, -0.1) is 0 Å². The molecule has 0 aromatic heterocycles. The van der Waals surface area contributed by atoms with Crippen LogP contribution in [-0.4, -0.2) is 40.3 Å². The van der Waals surface area contributed by atoms with Crippen LogP contribution < -0.4 is 0 Å². The Morgan fingerprint density at radius 2 is 1.24 bits per heavy atom. The summed E-state index contributed by atoms with van der Waals surface area (Å²) >= 11 is 0. The third-order valence-corrected chi connectivity index (χ3v) is 0.814. The second-order valence-electron chi connectivity index (χ2n) is 3.05. The van der Waals surface area contributed by atoms with Gasteiger partial charge in [0.2, 0.25) is 0 Å². The Labute approximate surface area is 104 Å². The zero-order chi connectivity index (χ0) is 14.7. The van der Waals surface area contributed by atoms with E-state index in [9.17, 15) is 9.59 Å². The average molecular weight is 252 g/mol. The normalized spacial score (nSPS) is 7.24. The lowest BCUT2D eigenvalue weighted by molar-refractivity contribution is -0.136. The smallest absolute Gasteiger partial charge is 0.303 e. The molecular weight excluding hydrogens is 224 g/mol. The summed E-state index contributed by atoms with van der Waals surface area (Å²) in [5.74, 6) is -0.579. The van der Waals surface area contributed by atoms with Gasteiger partial charge in [0, 0.05) is 19.6 Å². The van der Waals surface area contributed by atoms with Gasteiger partial charge in [-0.05, 0) is 27.2 Å². The van der Waals surface area contributed by atoms with Gasteiger partial charge in [-0.1, -0.05) is 20.3 Å². The molecule has 0 atom stereocenters. The fourth-order valence-electron chi connectivity index (χ4n) is 0.158. The van der Waals surface area contributed by atoms with E-state index < -0.39 is 5.97 Å². The number of Topliss-reactive ketones (excluding diaryl/α,β-unsaturated/α-hetero) is 1. The van der Waals surface area contributed by atoms with Crippen LogP contribution >= 0.6 is 0 Å². The van der Waals surface area contributed by atoms with E-state index in [0.717, 1.165) is 12.8 Å². The molecule has 0 bridgehead atoms. The lowest BCUT2D eigenvalue weighted by Gasteiger charge is -1.79. The topological polar surface area (TPSA) is 94.8 Å². The van der Waals surface area contributed by atoms with Gasteiger partial charge in [-0.3, -0.25) is 4.79 Å². The highest BCUT2D eigenvalue weighted by Crippen LogP contribution is 1.78.